The van der Waals surface area contributed by atoms with Crippen LogP contribution in [-0.2, 0) is 12.7 Å². The number of hydrogen-bond donors (Lipinski definition) is 0. The predicted octanol–water partition coefficient (Wildman–Crippen LogP) is 2.86. The predicted molar refractivity (Wildman–Crippen MR) is 59.4 cm³/mol. The van der Waals surface area contributed by atoms with Crippen LogP contribution in [0.15, 0.2) is 36.7 Å². The third-order valence-electron chi connectivity index (χ3n) is 2.46. The SMILES string of the molecule is O=[N+]([O-])c1nccn1Cc1cccc(C(F)(F)F)c1. The van der Waals surface area contributed by atoms with Crippen LogP contribution in [0.3, 0.4) is 0 Å². The van der Waals surface area contributed by atoms with E-state index in [2.05, 4.69) is 4.98 Å². The number of nitro groups is 1. The third kappa shape index (κ3) is 2.90. The van der Waals surface area contributed by atoms with Gasteiger partial charge in [0.2, 0.25) is 0 Å². The first-order valence-corrected chi connectivity index (χ1v) is 5.19. The summed E-state index contributed by atoms with van der Waals surface area (Å²) in [6.45, 7) is -0.0414. The van der Waals surface area contributed by atoms with Crippen molar-refractivity contribution >= 4 is 5.95 Å². The Kier molecular flexibility index (Phi) is 3.24. The third-order valence-corrected chi connectivity index (χ3v) is 2.46. The van der Waals surface area contributed by atoms with Crippen LogP contribution >= 0.6 is 0 Å². The first kappa shape index (κ1) is 13.1. The van der Waals surface area contributed by atoms with E-state index >= 15 is 0 Å². The van der Waals surface area contributed by atoms with Gasteiger partial charge in [-0.25, -0.2) is 4.57 Å². The maximum Gasteiger partial charge on any atom is 0.434 e. The molecule has 0 aliphatic rings. The van der Waals surface area contributed by atoms with Crippen molar-refractivity contribution in [2.24, 2.45) is 0 Å². The molecule has 2 rings (SSSR count). The Hall–Kier alpha value is -2.38. The fourth-order valence-corrected chi connectivity index (χ4v) is 1.64. The smallest absolute Gasteiger partial charge is 0.390 e. The van der Waals surface area contributed by atoms with Crippen LogP contribution in [0, 0.1) is 10.1 Å². The highest BCUT2D eigenvalue weighted by atomic mass is 19.4. The molecule has 8 heteroatoms. The van der Waals surface area contributed by atoms with E-state index in [1.807, 2.05) is 0 Å². The second kappa shape index (κ2) is 4.71. The second-order valence-electron chi connectivity index (χ2n) is 3.81. The lowest BCUT2D eigenvalue weighted by Crippen LogP contribution is -2.08. The molecule has 0 fully saturated rings. The van der Waals surface area contributed by atoms with Crippen molar-refractivity contribution in [1.29, 1.82) is 0 Å². The maximum absolute atomic E-state index is 12.5. The lowest BCUT2D eigenvalue weighted by atomic mass is 10.1. The Morgan fingerprint density at radius 3 is 2.74 bits per heavy atom. The van der Waals surface area contributed by atoms with Gasteiger partial charge in [0.05, 0.1) is 12.1 Å². The molecule has 100 valence electrons. The Morgan fingerprint density at radius 1 is 1.37 bits per heavy atom. The summed E-state index contributed by atoms with van der Waals surface area (Å²) in [6.07, 6.45) is -1.86. The summed E-state index contributed by atoms with van der Waals surface area (Å²) in [7, 11) is 0. The summed E-state index contributed by atoms with van der Waals surface area (Å²) in [5, 5.41) is 10.6. The van der Waals surface area contributed by atoms with Gasteiger partial charge in [0, 0.05) is 0 Å². The topological polar surface area (TPSA) is 61.0 Å². The molecule has 0 saturated heterocycles. The van der Waals surface area contributed by atoms with Gasteiger partial charge < -0.3 is 10.1 Å². The van der Waals surface area contributed by atoms with E-state index in [9.17, 15) is 23.3 Å². The average Bonchev–Trinajstić information content (AvgIpc) is 2.76. The minimum absolute atomic E-state index is 0.0414. The zero-order chi connectivity index (χ0) is 14.0. The summed E-state index contributed by atoms with van der Waals surface area (Å²) in [5.74, 6) is -0.405. The van der Waals surface area contributed by atoms with Crippen LogP contribution < -0.4 is 0 Å². The molecule has 0 aliphatic carbocycles. The zero-order valence-electron chi connectivity index (χ0n) is 9.46. The minimum atomic E-state index is -4.43. The number of rotatable bonds is 3. The Morgan fingerprint density at radius 2 is 2.11 bits per heavy atom. The number of nitrogens with zero attached hydrogens (tertiary/aromatic N) is 3. The van der Waals surface area contributed by atoms with Gasteiger partial charge >= 0.3 is 12.1 Å². The van der Waals surface area contributed by atoms with Crippen LogP contribution in [0.25, 0.3) is 0 Å². The number of imidazole rings is 1. The minimum Gasteiger partial charge on any atom is -0.390 e. The molecule has 0 amide bonds. The molecule has 1 aromatic heterocycles. The Labute approximate surface area is 105 Å². The van der Waals surface area contributed by atoms with Gasteiger partial charge in [-0.05, 0) is 22.6 Å². The average molecular weight is 271 g/mol. The Bertz CT molecular complexity index is 607. The van der Waals surface area contributed by atoms with E-state index in [1.54, 1.807) is 0 Å². The molecule has 0 radical (unpaired) electrons. The fraction of sp³-hybridized carbons (Fsp3) is 0.182. The van der Waals surface area contributed by atoms with E-state index in [0.717, 1.165) is 12.1 Å². The Balaban J connectivity index is 2.29. The van der Waals surface area contributed by atoms with Crippen molar-refractivity contribution < 1.29 is 18.1 Å². The molecule has 0 saturated carbocycles. The molecule has 0 atom stereocenters. The monoisotopic (exact) mass is 271 g/mol. The molecule has 1 aromatic carbocycles. The highest BCUT2D eigenvalue weighted by Gasteiger charge is 2.30. The lowest BCUT2D eigenvalue weighted by molar-refractivity contribution is -0.396. The summed E-state index contributed by atoms with van der Waals surface area (Å²) in [6, 6.07) is 4.65. The fourth-order valence-electron chi connectivity index (χ4n) is 1.64. The van der Waals surface area contributed by atoms with E-state index in [1.165, 1.54) is 29.1 Å². The van der Waals surface area contributed by atoms with Gasteiger partial charge in [-0.1, -0.05) is 17.1 Å². The first-order valence-electron chi connectivity index (χ1n) is 5.19. The summed E-state index contributed by atoms with van der Waals surface area (Å²) in [5.41, 5.74) is -0.469. The van der Waals surface area contributed by atoms with Crippen LogP contribution in [0.4, 0.5) is 19.1 Å². The molecule has 19 heavy (non-hydrogen) atoms. The summed E-state index contributed by atoms with van der Waals surface area (Å²) >= 11 is 0. The summed E-state index contributed by atoms with van der Waals surface area (Å²) < 4.78 is 38.8. The van der Waals surface area contributed by atoms with Gasteiger partial charge in [0.1, 0.15) is 12.4 Å². The van der Waals surface area contributed by atoms with E-state index < -0.39 is 22.6 Å². The number of halogens is 3. The van der Waals surface area contributed by atoms with Gasteiger partial charge in [-0.3, -0.25) is 0 Å². The van der Waals surface area contributed by atoms with Crippen molar-refractivity contribution in [2.75, 3.05) is 0 Å². The van der Waals surface area contributed by atoms with Gasteiger partial charge in [0.25, 0.3) is 0 Å². The van der Waals surface area contributed by atoms with Crippen molar-refractivity contribution in [2.45, 2.75) is 12.7 Å². The van der Waals surface area contributed by atoms with Gasteiger partial charge in [-0.15, -0.1) is 0 Å². The van der Waals surface area contributed by atoms with E-state index in [4.69, 9.17) is 0 Å². The maximum atomic E-state index is 12.5. The first-order chi connectivity index (χ1) is 8.88. The van der Waals surface area contributed by atoms with E-state index in [0.29, 0.717) is 5.56 Å². The molecule has 0 aliphatic heterocycles. The standard InChI is InChI=1S/C11H8F3N3O2/c12-11(13,14)9-3-1-2-8(6-9)7-16-5-4-15-10(16)17(18)19/h1-6H,7H2. The second-order valence-corrected chi connectivity index (χ2v) is 3.81. The molecule has 0 bridgehead atoms. The lowest BCUT2D eigenvalue weighted by Gasteiger charge is -2.08. The number of alkyl halides is 3. The highest BCUT2D eigenvalue weighted by molar-refractivity contribution is 5.26. The van der Waals surface area contributed by atoms with Crippen molar-refractivity contribution in [1.82, 2.24) is 9.55 Å². The normalized spacial score (nSPS) is 11.5. The van der Waals surface area contributed by atoms with Crippen molar-refractivity contribution in [3.05, 3.63) is 57.9 Å². The summed E-state index contributed by atoms with van der Waals surface area (Å²) in [4.78, 5) is 13.5. The molecule has 0 spiro atoms. The van der Waals surface area contributed by atoms with Gasteiger partial charge in [-0.2, -0.15) is 13.2 Å². The number of hydrogen-bond acceptors (Lipinski definition) is 3. The molecule has 2 aromatic rings. The van der Waals surface area contributed by atoms with Crippen LogP contribution in [0.5, 0.6) is 0 Å². The number of benzene rings is 1. The molecule has 0 N–H and O–H groups in total. The molecule has 1 heterocycles. The van der Waals surface area contributed by atoms with Gasteiger partial charge in [0.15, 0.2) is 0 Å². The zero-order valence-corrected chi connectivity index (χ0v) is 9.46. The quantitative estimate of drug-likeness (QED) is 0.637. The number of aromatic nitrogens is 2. The molecule has 0 unspecified atom stereocenters. The van der Waals surface area contributed by atoms with Crippen molar-refractivity contribution in [3.63, 3.8) is 0 Å². The van der Waals surface area contributed by atoms with E-state index in [-0.39, 0.29) is 6.54 Å². The van der Waals surface area contributed by atoms with Crippen LogP contribution in [0.1, 0.15) is 11.1 Å². The van der Waals surface area contributed by atoms with Crippen LogP contribution in [-0.4, -0.2) is 14.5 Å². The molecular weight excluding hydrogens is 263 g/mol. The highest BCUT2D eigenvalue weighted by Crippen LogP contribution is 2.29. The largest absolute Gasteiger partial charge is 0.434 e. The molecular formula is C11H8F3N3O2. The van der Waals surface area contributed by atoms with Crippen LogP contribution in [0.2, 0.25) is 0 Å². The van der Waals surface area contributed by atoms with Crippen molar-refractivity contribution in [3.8, 4) is 0 Å². The molecule has 5 nitrogen and oxygen atoms in total.